The Bertz CT molecular complexity index is 740. The van der Waals surface area contributed by atoms with Gasteiger partial charge in [-0.25, -0.2) is 9.78 Å². The summed E-state index contributed by atoms with van der Waals surface area (Å²) < 4.78 is 3.60. The van der Waals surface area contributed by atoms with Crippen LogP contribution in [-0.4, -0.2) is 27.9 Å². The highest BCUT2D eigenvalue weighted by atomic mass is 32.2. The lowest BCUT2D eigenvalue weighted by Gasteiger charge is -2.01. The number of carboxylic acid groups (broad SMARTS) is 1. The zero-order valence-corrected chi connectivity index (χ0v) is 10.9. The largest absolute Gasteiger partial charge is 0.480 e. The molecule has 2 aromatic heterocycles. The maximum absolute atomic E-state index is 10.9. The zero-order chi connectivity index (χ0) is 12.7. The van der Waals surface area contributed by atoms with Gasteiger partial charge < -0.3 is 10.4 Å². The minimum Gasteiger partial charge on any atom is -0.480 e. The summed E-state index contributed by atoms with van der Waals surface area (Å²) in [5.41, 5.74) is 0.906. The number of aromatic nitrogens is 2. The van der Waals surface area contributed by atoms with Gasteiger partial charge in [0.15, 0.2) is 12.4 Å². The molecule has 3 rings (SSSR count). The molecule has 1 unspecified atom stereocenters. The van der Waals surface area contributed by atoms with Crippen LogP contribution in [0.2, 0.25) is 0 Å². The van der Waals surface area contributed by atoms with Gasteiger partial charge in [-0.3, -0.25) is 0 Å². The molecule has 2 aromatic rings. The van der Waals surface area contributed by atoms with Crippen LogP contribution in [0.25, 0.3) is 15.2 Å². The minimum atomic E-state index is -0.825. The van der Waals surface area contributed by atoms with E-state index in [0.29, 0.717) is 5.75 Å². The van der Waals surface area contributed by atoms with Crippen molar-refractivity contribution in [2.75, 3.05) is 5.75 Å². The summed E-state index contributed by atoms with van der Waals surface area (Å²) >= 11 is 3.04. The van der Waals surface area contributed by atoms with E-state index in [9.17, 15) is 4.79 Å². The molecule has 1 atom stereocenters. The molecule has 1 fully saturated rings. The first-order chi connectivity index (χ1) is 8.63. The van der Waals surface area contributed by atoms with E-state index in [1.807, 2.05) is 18.5 Å². The number of thioether (sulfide) groups is 1. The number of fused-ring (bicyclic) bond motifs is 1. The molecule has 5 nitrogen and oxygen atoms in total. The fourth-order valence-electron chi connectivity index (χ4n) is 1.68. The monoisotopic (exact) mass is 280 g/mol. The van der Waals surface area contributed by atoms with Crippen LogP contribution < -0.4 is 14.2 Å². The number of carbonyl (C=O) groups is 1. The van der Waals surface area contributed by atoms with Crippen molar-refractivity contribution in [1.29, 1.82) is 0 Å². The number of pyridine rings is 1. The van der Waals surface area contributed by atoms with E-state index in [-0.39, 0.29) is 0 Å². The van der Waals surface area contributed by atoms with E-state index in [2.05, 4.69) is 17.0 Å². The van der Waals surface area contributed by atoms with Gasteiger partial charge in [0.25, 0.3) is 0 Å². The van der Waals surface area contributed by atoms with Gasteiger partial charge >= 0.3 is 5.97 Å². The Hall–Kier alpha value is -1.60. The molecule has 2 N–H and O–H groups in total. The summed E-state index contributed by atoms with van der Waals surface area (Å²) in [5.74, 6) is -0.287. The molecule has 18 heavy (non-hydrogen) atoms. The van der Waals surface area contributed by atoms with E-state index in [1.165, 1.54) is 23.1 Å². The molecule has 1 aliphatic heterocycles. The Morgan fingerprint density at radius 2 is 2.50 bits per heavy atom. The van der Waals surface area contributed by atoms with E-state index in [4.69, 9.17) is 5.11 Å². The van der Waals surface area contributed by atoms with Crippen LogP contribution in [0, 0.1) is 6.72 Å². The van der Waals surface area contributed by atoms with Gasteiger partial charge in [0.05, 0.1) is 5.52 Å². The number of nitrogens with zero attached hydrogens (tertiary/aromatic N) is 2. The first-order valence-corrected chi connectivity index (χ1v) is 7.06. The van der Waals surface area contributed by atoms with Gasteiger partial charge in [0.2, 0.25) is 0 Å². The fraction of sp³-hybridized carbons (Fsp3) is 0.182. The van der Waals surface area contributed by atoms with Crippen molar-refractivity contribution in [3.05, 3.63) is 29.8 Å². The van der Waals surface area contributed by atoms with Gasteiger partial charge in [0, 0.05) is 11.8 Å². The van der Waals surface area contributed by atoms with E-state index in [1.54, 1.807) is 4.24 Å². The maximum Gasteiger partial charge on any atom is 0.327 e. The topological polar surface area (TPSA) is 68.1 Å². The van der Waals surface area contributed by atoms with E-state index in [0.717, 1.165) is 19.9 Å². The van der Waals surface area contributed by atoms with Crippen molar-refractivity contribution in [3.63, 3.8) is 0 Å². The molecule has 3 heterocycles. The lowest BCUT2D eigenvalue weighted by atomic mass is 10.3. The Labute approximate surface area is 111 Å². The second-order valence-electron chi connectivity index (χ2n) is 3.90. The SMILES string of the molecule is C=[n+]1ccc2nc(=C3NC(C(=O)O)CS3)sc2c1. The highest BCUT2D eigenvalue weighted by Gasteiger charge is 2.26. The Morgan fingerprint density at radius 3 is 3.22 bits per heavy atom. The average Bonchev–Trinajstić information content (AvgIpc) is 2.93. The zero-order valence-electron chi connectivity index (χ0n) is 9.29. The normalized spacial score (nSPS) is 22.1. The van der Waals surface area contributed by atoms with Gasteiger partial charge in [0.1, 0.15) is 27.2 Å². The van der Waals surface area contributed by atoms with Crippen molar-refractivity contribution in [1.82, 2.24) is 10.3 Å². The molecular weight excluding hydrogens is 270 g/mol. The third kappa shape index (κ3) is 1.95. The van der Waals surface area contributed by atoms with Crippen LogP contribution >= 0.6 is 23.1 Å². The third-order valence-electron chi connectivity index (χ3n) is 2.58. The summed E-state index contributed by atoms with van der Waals surface area (Å²) in [6.07, 6.45) is 3.75. The second kappa shape index (κ2) is 4.25. The van der Waals surface area contributed by atoms with Crippen LogP contribution in [0.15, 0.2) is 18.5 Å². The van der Waals surface area contributed by atoms with E-state index < -0.39 is 12.0 Å². The lowest BCUT2D eigenvalue weighted by molar-refractivity contribution is -0.496. The van der Waals surface area contributed by atoms with Crippen molar-refractivity contribution >= 4 is 44.3 Å². The van der Waals surface area contributed by atoms with Crippen molar-refractivity contribution < 1.29 is 14.1 Å². The van der Waals surface area contributed by atoms with Crippen molar-refractivity contribution in [2.45, 2.75) is 6.04 Å². The summed E-state index contributed by atoms with van der Waals surface area (Å²) in [6, 6.07) is 1.38. The highest BCUT2D eigenvalue weighted by molar-refractivity contribution is 8.08. The predicted molar refractivity (Wildman–Crippen MR) is 70.6 cm³/mol. The summed E-state index contributed by atoms with van der Waals surface area (Å²) in [7, 11) is 0. The van der Waals surface area contributed by atoms with Crippen LogP contribution in [0.4, 0.5) is 0 Å². The summed E-state index contributed by atoms with van der Waals surface area (Å²) in [6.45, 7) is 3.80. The quantitative estimate of drug-likeness (QED) is 0.724. The van der Waals surface area contributed by atoms with E-state index >= 15 is 0 Å². The molecule has 0 spiro atoms. The van der Waals surface area contributed by atoms with Gasteiger partial charge in [-0.15, -0.1) is 23.1 Å². The smallest absolute Gasteiger partial charge is 0.327 e. The first kappa shape index (κ1) is 11.5. The van der Waals surface area contributed by atoms with Crippen molar-refractivity contribution in [3.8, 4) is 0 Å². The predicted octanol–water partition coefficient (Wildman–Crippen LogP) is 0.0788. The number of hydrogen-bond acceptors (Lipinski definition) is 5. The number of nitrogens with one attached hydrogen (secondary N) is 1. The maximum atomic E-state index is 10.9. The number of carboxylic acids is 1. The second-order valence-corrected chi connectivity index (χ2v) is 5.96. The van der Waals surface area contributed by atoms with Crippen LogP contribution in [0.3, 0.4) is 0 Å². The molecule has 92 valence electrons. The fourth-order valence-corrected chi connectivity index (χ4v) is 3.84. The summed E-state index contributed by atoms with van der Waals surface area (Å²) in [5, 5.41) is 12.8. The minimum absolute atomic E-state index is 0.519. The molecule has 0 aliphatic carbocycles. The molecule has 0 radical (unpaired) electrons. The van der Waals surface area contributed by atoms with Crippen molar-refractivity contribution in [2.24, 2.45) is 0 Å². The third-order valence-corrected chi connectivity index (χ3v) is 4.83. The Kier molecular flexibility index (Phi) is 2.71. The van der Waals surface area contributed by atoms with Crippen LogP contribution in [-0.2, 0) is 4.79 Å². The number of rotatable bonds is 1. The first-order valence-electron chi connectivity index (χ1n) is 5.25. The Morgan fingerprint density at radius 1 is 1.67 bits per heavy atom. The number of aliphatic carboxylic acids is 1. The van der Waals surface area contributed by atoms with Gasteiger partial charge in [-0.05, 0) is 0 Å². The average molecular weight is 280 g/mol. The van der Waals surface area contributed by atoms with Gasteiger partial charge in [-0.2, -0.15) is 4.24 Å². The van der Waals surface area contributed by atoms with Crippen LogP contribution in [0.5, 0.6) is 0 Å². The molecule has 7 heteroatoms. The molecule has 0 amide bonds. The molecule has 0 aromatic carbocycles. The molecule has 0 saturated carbocycles. The molecule has 1 saturated heterocycles. The standard InChI is InChI=1S/C11H9N3O2S2/c1-14-3-2-6-8(4-14)18-10(12-6)9-13-7(5-17-9)11(15)16/h2-4,7,13H,1,5H2/p+1. The highest BCUT2D eigenvalue weighted by Crippen LogP contribution is 2.23. The Balaban J connectivity index is 2.09. The summed E-state index contributed by atoms with van der Waals surface area (Å²) in [4.78, 5) is 15.4. The van der Waals surface area contributed by atoms with Gasteiger partial charge in [-0.1, -0.05) is 0 Å². The molecule has 1 aliphatic rings. The number of hydrogen-bond donors (Lipinski definition) is 2. The molecular formula is C11H10N3O2S2+. The lowest BCUT2D eigenvalue weighted by Crippen LogP contribution is -2.32. The van der Waals surface area contributed by atoms with Crippen LogP contribution in [0.1, 0.15) is 0 Å². The number of thiazole rings is 1. The molecule has 0 bridgehead atoms.